The van der Waals surface area contributed by atoms with Gasteiger partial charge >= 0.3 is 6.18 Å². The fourth-order valence-electron chi connectivity index (χ4n) is 2.90. The van der Waals surface area contributed by atoms with Crippen LogP contribution in [-0.2, 0) is 6.54 Å². The van der Waals surface area contributed by atoms with Crippen molar-refractivity contribution in [1.82, 2.24) is 9.88 Å². The Morgan fingerprint density at radius 2 is 2.00 bits per heavy atom. The van der Waals surface area contributed by atoms with E-state index in [9.17, 15) is 13.2 Å². The van der Waals surface area contributed by atoms with Gasteiger partial charge in [-0.25, -0.2) is 0 Å². The van der Waals surface area contributed by atoms with Crippen molar-refractivity contribution in [2.75, 3.05) is 18.4 Å². The molecule has 1 fully saturated rings. The number of rotatable bonds is 3. The average molecular weight is 423 g/mol. The molecule has 1 aliphatic heterocycles. The van der Waals surface area contributed by atoms with E-state index < -0.39 is 12.7 Å². The van der Waals surface area contributed by atoms with Gasteiger partial charge in [-0.15, -0.1) is 0 Å². The van der Waals surface area contributed by atoms with E-state index in [4.69, 9.17) is 0 Å². The minimum Gasteiger partial charge on any atom is -0.382 e. The molecule has 0 spiro atoms. The van der Waals surface area contributed by atoms with Crippen molar-refractivity contribution in [3.8, 4) is 0 Å². The Balaban J connectivity index is 1.93. The first-order valence-corrected chi connectivity index (χ1v) is 8.34. The van der Waals surface area contributed by atoms with Crippen molar-refractivity contribution in [3.05, 3.63) is 28.0 Å². The van der Waals surface area contributed by atoms with Crippen LogP contribution in [0.15, 0.2) is 24.3 Å². The van der Waals surface area contributed by atoms with Crippen molar-refractivity contribution in [3.63, 3.8) is 0 Å². The smallest absolute Gasteiger partial charge is 0.382 e. The average Bonchev–Trinajstić information content (AvgIpc) is 2.76. The molecular formula is C15H17F3IN3. The van der Waals surface area contributed by atoms with Crippen LogP contribution in [0.1, 0.15) is 12.8 Å². The quantitative estimate of drug-likeness (QED) is 0.732. The maximum atomic E-state index is 12.8. The molecule has 1 saturated heterocycles. The lowest BCUT2D eigenvalue weighted by Crippen LogP contribution is -2.35. The fraction of sp³-hybridized carbons (Fsp3) is 0.467. The topological polar surface area (TPSA) is 29.0 Å². The van der Waals surface area contributed by atoms with Gasteiger partial charge in [-0.3, -0.25) is 0 Å². The van der Waals surface area contributed by atoms with Crippen molar-refractivity contribution in [1.29, 1.82) is 0 Å². The Hall–Kier alpha value is -0.960. The summed E-state index contributed by atoms with van der Waals surface area (Å²) in [5, 5.41) is 7.65. The number of aromatic nitrogens is 1. The SMILES string of the molecule is FC(F)(F)Cn1c(I)cc2c(NC3CCNCC3)cccc21. The molecule has 1 aromatic heterocycles. The van der Waals surface area contributed by atoms with Gasteiger partial charge in [0, 0.05) is 17.1 Å². The van der Waals surface area contributed by atoms with Crippen LogP contribution in [0.25, 0.3) is 10.9 Å². The van der Waals surface area contributed by atoms with Gasteiger partial charge in [0.2, 0.25) is 0 Å². The number of nitrogens with one attached hydrogen (secondary N) is 2. The molecule has 0 unspecified atom stereocenters. The molecule has 22 heavy (non-hydrogen) atoms. The number of benzene rings is 1. The summed E-state index contributed by atoms with van der Waals surface area (Å²) in [4.78, 5) is 0. The van der Waals surface area contributed by atoms with Gasteiger partial charge in [0.15, 0.2) is 0 Å². The molecule has 0 aliphatic carbocycles. The van der Waals surface area contributed by atoms with E-state index in [2.05, 4.69) is 10.6 Å². The third kappa shape index (κ3) is 3.51. The standard InChI is InChI=1S/C15H17F3IN3/c16-15(17,18)9-22-13-3-1-2-12(11(13)8-14(22)19)21-10-4-6-20-7-5-10/h1-3,8,10,20-21H,4-7,9H2. The number of hydrogen-bond donors (Lipinski definition) is 2. The molecule has 1 aromatic carbocycles. The van der Waals surface area contributed by atoms with E-state index in [0.29, 0.717) is 15.3 Å². The summed E-state index contributed by atoms with van der Waals surface area (Å²) < 4.78 is 40.2. The van der Waals surface area contributed by atoms with Gasteiger partial charge in [-0.05, 0) is 66.7 Å². The van der Waals surface area contributed by atoms with Gasteiger partial charge in [-0.2, -0.15) is 13.2 Å². The number of anilines is 1. The van der Waals surface area contributed by atoms with Crippen LogP contribution in [0.4, 0.5) is 18.9 Å². The summed E-state index contributed by atoms with van der Waals surface area (Å²) in [7, 11) is 0. The first kappa shape index (κ1) is 15.9. The number of fused-ring (bicyclic) bond motifs is 1. The van der Waals surface area contributed by atoms with Gasteiger partial charge in [0.1, 0.15) is 6.54 Å². The van der Waals surface area contributed by atoms with Gasteiger partial charge in [0.05, 0.1) is 9.22 Å². The van der Waals surface area contributed by atoms with E-state index in [1.165, 1.54) is 4.57 Å². The molecule has 0 bridgehead atoms. The van der Waals surface area contributed by atoms with E-state index in [1.54, 1.807) is 6.07 Å². The zero-order valence-electron chi connectivity index (χ0n) is 11.9. The molecule has 1 aliphatic rings. The third-order valence-corrected chi connectivity index (χ3v) is 4.83. The van der Waals surface area contributed by atoms with Gasteiger partial charge in [-0.1, -0.05) is 6.07 Å². The summed E-state index contributed by atoms with van der Waals surface area (Å²) in [6.07, 6.45) is -2.17. The molecule has 0 amide bonds. The minimum absolute atomic E-state index is 0.371. The zero-order valence-corrected chi connectivity index (χ0v) is 14.0. The fourth-order valence-corrected chi connectivity index (χ4v) is 3.65. The van der Waals surface area contributed by atoms with Crippen molar-refractivity contribution in [2.45, 2.75) is 31.6 Å². The number of halogens is 4. The van der Waals surface area contributed by atoms with Crippen molar-refractivity contribution in [2.24, 2.45) is 0 Å². The van der Waals surface area contributed by atoms with E-state index in [1.807, 2.05) is 40.8 Å². The Labute approximate surface area is 140 Å². The molecule has 3 nitrogen and oxygen atoms in total. The van der Waals surface area contributed by atoms with Crippen LogP contribution in [0.3, 0.4) is 0 Å². The molecule has 3 rings (SSSR count). The van der Waals surface area contributed by atoms with Crippen molar-refractivity contribution >= 4 is 39.2 Å². The third-order valence-electron chi connectivity index (χ3n) is 3.93. The van der Waals surface area contributed by atoms with Crippen LogP contribution in [0.2, 0.25) is 0 Å². The number of hydrogen-bond acceptors (Lipinski definition) is 2. The highest BCUT2D eigenvalue weighted by molar-refractivity contribution is 14.1. The van der Waals surface area contributed by atoms with Crippen molar-refractivity contribution < 1.29 is 13.2 Å². The first-order valence-electron chi connectivity index (χ1n) is 7.26. The predicted molar refractivity (Wildman–Crippen MR) is 90.2 cm³/mol. The molecule has 120 valence electrons. The molecule has 0 radical (unpaired) electrons. The Morgan fingerprint density at radius 3 is 2.68 bits per heavy atom. The van der Waals surface area contributed by atoms with E-state index in [0.717, 1.165) is 37.0 Å². The van der Waals surface area contributed by atoms with E-state index in [-0.39, 0.29) is 0 Å². The molecule has 2 N–H and O–H groups in total. The van der Waals surface area contributed by atoms with Gasteiger partial charge in [0.25, 0.3) is 0 Å². The molecule has 2 aromatic rings. The first-order chi connectivity index (χ1) is 10.4. The van der Waals surface area contributed by atoms with E-state index >= 15 is 0 Å². The van der Waals surface area contributed by atoms with Crippen LogP contribution in [0.5, 0.6) is 0 Å². The molecule has 0 saturated carbocycles. The van der Waals surface area contributed by atoms with Crippen LogP contribution < -0.4 is 10.6 Å². The lowest BCUT2D eigenvalue weighted by atomic mass is 10.1. The highest BCUT2D eigenvalue weighted by Gasteiger charge is 2.29. The summed E-state index contributed by atoms with van der Waals surface area (Å²) in [5.74, 6) is 0. The van der Waals surface area contributed by atoms with Crippen LogP contribution in [-0.4, -0.2) is 29.9 Å². The lowest BCUT2D eigenvalue weighted by Gasteiger charge is -2.25. The second kappa shape index (κ2) is 6.27. The van der Waals surface area contributed by atoms with Crippen LogP contribution >= 0.6 is 22.6 Å². The maximum absolute atomic E-state index is 12.8. The minimum atomic E-state index is -4.22. The lowest BCUT2D eigenvalue weighted by molar-refractivity contribution is -0.140. The Morgan fingerprint density at radius 1 is 1.27 bits per heavy atom. The second-order valence-electron chi connectivity index (χ2n) is 5.58. The summed E-state index contributed by atoms with van der Waals surface area (Å²) >= 11 is 1.97. The predicted octanol–water partition coefficient (Wildman–Crippen LogP) is 3.97. The summed E-state index contributed by atoms with van der Waals surface area (Å²) in [6.45, 7) is 0.992. The Bertz CT molecular complexity index is 660. The Kier molecular flexibility index (Phi) is 4.54. The molecule has 7 heteroatoms. The molecule has 0 atom stereocenters. The molecular weight excluding hydrogens is 406 g/mol. The summed E-state index contributed by atoms with van der Waals surface area (Å²) in [6, 6.07) is 7.70. The van der Waals surface area contributed by atoms with Crippen LogP contribution in [0, 0.1) is 3.70 Å². The number of piperidine rings is 1. The zero-order chi connectivity index (χ0) is 15.7. The maximum Gasteiger partial charge on any atom is 0.406 e. The summed E-state index contributed by atoms with van der Waals surface area (Å²) in [5.41, 5.74) is 1.55. The highest BCUT2D eigenvalue weighted by Crippen LogP contribution is 2.31. The largest absolute Gasteiger partial charge is 0.406 e. The second-order valence-corrected chi connectivity index (χ2v) is 6.68. The number of alkyl halides is 3. The molecule has 2 heterocycles. The normalized spacial score (nSPS) is 17.1. The highest BCUT2D eigenvalue weighted by atomic mass is 127. The van der Waals surface area contributed by atoms with Gasteiger partial charge < -0.3 is 15.2 Å². The number of nitrogens with zero attached hydrogens (tertiary/aromatic N) is 1. The monoisotopic (exact) mass is 423 g/mol.